The Bertz CT molecular complexity index is 441. The molecule has 1 saturated carbocycles. The summed E-state index contributed by atoms with van der Waals surface area (Å²) in [6.45, 7) is 10.4. The van der Waals surface area contributed by atoms with E-state index in [9.17, 15) is 5.11 Å². The van der Waals surface area contributed by atoms with Gasteiger partial charge in [0.15, 0.2) is 0 Å². The Kier molecular flexibility index (Phi) is 11.7. The molecule has 0 amide bonds. The molecule has 1 aromatic heterocycles. The van der Waals surface area contributed by atoms with Crippen molar-refractivity contribution in [1.82, 2.24) is 4.98 Å². The monoisotopic (exact) mass is 323 g/mol. The number of nitrogens with one attached hydrogen (secondary N) is 1. The van der Waals surface area contributed by atoms with Gasteiger partial charge in [-0.15, -0.1) is 0 Å². The lowest BCUT2D eigenvalue weighted by atomic mass is 9.94. The normalized spacial score (nSPS) is 14.3. The maximum Gasteiger partial charge on any atom is 0.0720 e. The summed E-state index contributed by atoms with van der Waals surface area (Å²) in [5.41, 5.74) is 9.76. The van der Waals surface area contributed by atoms with Crippen LogP contribution in [0.1, 0.15) is 74.9 Å². The summed E-state index contributed by atoms with van der Waals surface area (Å²) >= 11 is 0. The molecule has 1 fully saturated rings. The summed E-state index contributed by atoms with van der Waals surface area (Å²) < 4.78 is 0. The number of nitrogens with zero attached hydrogens (tertiary/aromatic N) is 1. The second kappa shape index (κ2) is 12.3. The van der Waals surface area contributed by atoms with Gasteiger partial charge < -0.3 is 16.2 Å². The lowest BCUT2D eigenvalue weighted by molar-refractivity contribution is 0.280. The van der Waals surface area contributed by atoms with Gasteiger partial charge >= 0.3 is 0 Å². The lowest BCUT2D eigenvalue weighted by Crippen LogP contribution is -2.24. The highest BCUT2D eigenvalue weighted by Crippen LogP contribution is 2.29. The van der Waals surface area contributed by atoms with Gasteiger partial charge in [-0.05, 0) is 46.2 Å². The molecule has 0 radical (unpaired) electrons. The van der Waals surface area contributed by atoms with Crippen LogP contribution in [0.3, 0.4) is 0 Å². The third-order valence-corrected chi connectivity index (χ3v) is 4.10. The molecule has 0 bridgehead atoms. The van der Waals surface area contributed by atoms with Gasteiger partial charge in [-0.1, -0.05) is 39.5 Å². The fraction of sp³-hybridized carbons (Fsp3) is 0.737. The number of aliphatic hydroxyl groups is 1. The number of nitrogens with two attached hydrogens (primary N) is 1. The zero-order valence-electron chi connectivity index (χ0n) is 16.0. The number of aliphatic hydroxyl groups excluding tert-OH is 1. The quantitative estimate of drug-likeness (QED) is 0.778. The minimum absolute atomic E-state index is 0.0645. The number of aryl methyl sites for hydroxylation is 2. The molecule has 0 spiro atoms. The second-order valence-electron chi connectivity index (χ2n) is 6.11. The first-order valence-electron chi connectivity index (χ1n) is 8.96. The molecule has 1 aliphatic carbocycles. The zero-order valence-corrected chi connectivity index (χ0v) is 16.0. The van der Waals surface area contributed by atoms with Crippen molar-refractivity contribution in [3.05, 3.63) is 22.5 Å². The van der Waals surface area contributed by atoms with Crippen LogP contribution < -0.4 is 11.1 Å². The zero-order chi connectivity index (χ0) is 17.8. The number of hydrogen-bond acceptors (Lipinski definition) is 4. The van der Waals surface area contributed by atoms with Gasteiger partial charge in [0, 0.05) is 28.7 Å². The van der Waals surface area contributed by atoms with E-state index in [1.165, 1.54) is 51.1 Å². The molecule has 0 aliphatic heterocycles. The average molecular weight is 324 g/mol. The molecule has 1 heterocycles. The molecule has 4 N–H and O–H groups in total. The minimum atomic E-state index is 0.0645. The van der Waals surface area contributed by atoms with E-state index >= 15 is 0 Å². The van der Waals surface area contributed by atoms with Gasteiger partial charge in [-0.3, -0.25) is 4.98 Å². The van der Waals surface area contributed by atoms with Crippen LogP contribution in [0.25, 0.3) is 0 Å². The second-order valence-corrected chi connectivity index (χ2v) is 6.11. The van der Waals surface area contributed by atoms with E-state index in [2.05, 4.69) is 36.8 Å². The van der Waals surface area contributed by atoms with Crippen LogP contribution in [0.4, 0.5) is 5.69 Å². The van der Waals surface area contributed by atoms with Crippen LogP contribution >= 0.6 is 0 Å². The highest BCUT2D eigenvalue weighted by atomic mass is 16.3. The average Bonchev–Trinajstić information content (AvgIpc) is 2.56. The smallest absolute Gasteiger partial charge is 0.0720 e. The lowest BCUT2D eigenvalue weighted by Gasteiger charge is -2.27. The summed E-state index contributed by atoms with van der Waals surface area (Å²) in [7, 11) is 1.50. The van der Waals surface area contributed by atoms with Crippen molar-refractivity contribution < 1.29 is 5.11 Å². The Morgan fingerprint density at radius 1 is 1.04 bits per heavy atom. The van der Waals surface area contributed by atoms with Crippen LogP contribution in [0, 0.1) is 20.8 Å². The topological polar surface area (TPSA) is 71.2 Å². The maximum absolute atomic E-state index is 9.56. The van der Waals surface area contributed by atoms with Crippen molar-refractivity contribution >= 4 is 5.69 Å². The fourth-order valence-electron chi connectivity index (χ4n) is 2.83. The molecule has 134 valence electrons. The molecule has 0 unspecified atom stereocenters. The molecule has 4 nitrogen and oxygen atoms in total. The van der Waals surface area contributed by atoms with E-state index in [-0.39, 0.29) is 6.61 Å². The molecule has 4 heteroatoms. The Morgan fingerprint density at radius 3 is 2.04 bits per heavy atom. The van der Waals surface area contributed by atoms with Crippen LogP contribution in [0.5, 0.6) is 0 Å². The first-order valence-corrected chi connectivity index (χ1v) is 8.96. The molecular formula is C19H37N3O. The van der Waals surface area contributed by atoms with Crippen molar-refractivity contribution in [2.75, 3.05) is 12.4 Å². The molecule has 1 aliphatic rings. The highest BCUT2D eigenvalue weighted by molar-refractivity contribution is 5.60. The van der Waals surface area contributed by atoms with E-state index in [1.54, 1.807) is 0 Å². The first-order chi connectivity index (χ1) is 11.0. The highest BCUT2D eigenvalue weighted by Gasteiger charge is 2.18. The summed E-state index contributed by atoms with van der Waals surface area (Å²) in [4.78, 5) is 4.50. The first kappa shape index (κ1) is 21.9. The largest absolute Gasteiger partial charge is 0.392 e. The number of rotatable bonds is 3. The fourth-order valence-corrected chi connectivity index (χ4v) is 2.83. The summed E-state index contributed by atoms with van der Waals surface area (Å²) in [6, 6.07) is 0.559. The van der Waals surface area contributed by atoms with Crippen LogP contribution in [-0.4, -0.2) is 23.2 Å². The molecule has 23 heavy (non-hydrogen) atoms. The Balaban J connectivity index is 0.000000868. The number of aromatic nitrogens is 1. The van der Waals surface area contributed by atoms with Gasteiger partial charge in [0.1, 0.15) is 0 Å². The summed E-state index contributed by atoms with van der Waals surface area (Å²) in [5, 5.41) is 13.2. The molecular weight excluding hydrogens is 286 g/mol. The van der Waals surface area contributed by atoms with E-state index < -0.39 is 0 Å². The minimum Gasteiger partial charge on any atom is -0.392 e. The third-order valence-electron chi connectivity index (χ3n) is 4.10. The molecule has 0 saturated heterocycles. The molecule has 0 atom stereocenters. The number of pyridine rings is 1. The standard InChI is InChI=1S/C15H24N2O.C3H8.CH5N/c1-10-11(2)16-12(3)14(9-18)15(10)17-13-7-5-4-6-8-13;1-3-2;1-2/h13,18H,4-9H2,1-3H3,(H,16,17);3H2,1-2H3;2H2,1H3. The van der Waals surface area contributed by atoms with Crippen molar-refractivity contribution in [2.24, 2.45) is 5.73 Å². The van der Waals surface area contributed by atoms with Gasteiger partial charge in [-0.2, -0.15) is 0 Å². The predicted molar refractivity (Wildman–Crippen MR) is 101 cm³/mol. The molecule has 1 aromatic rings. The van der Waals surface area contributed by atoms with Gasteiger partial charge in [0.25, 0.3) is 0 Å². The van der Waals surface area contributed by atoms with Crippen molar-refractivity contribution in [1.29, 1.82) is 0 Å². The molecule has 2 rings (SSSR count). The molecule has 0 aromatic carbocycles. The summed E-state index contributed by atoms with van der Waals surface area (Å²) in [6.07, 6.45) is 7.72. The van der Waals surface area contributed by atoms with E-state index in [4.69, 9.17) is 0 Å². The van der Waals surface area contributed by atoms with Crippen molar-refractivity contribution in [3.8, 4) is 0 Å². The number of hydrogen-bond donors (Lipinski definition) is 3. The van der Waals surface area contributed by atoms with E-state index in [0.29, 0.717) is 6.04 Å². The maximum atomic E-state index is 9.56. The van der Waals surface area contributed by atoms with E-state index in [0.717, 1.165) is 22.6 Å². The third kappa shape index (κ3) is 6.88. The predicted octanol–water partition coefficient (Wildman–Crippen LogP) is 4.23. The Hall–Kier alpha value is -1.13. The Labute approximate surface area is 142 Å². The summed E-state index contributed by atoms with van der Waals surface area (Å²) in [5.74, 6) is 0. The van der Waals surface area contributed by atoms with Gasteiger partial charge in [-0.25, -0.2) is 0 Å². The van der Waals surface area contributed by atoms with Crippen molar-refractivity contribution in [3.63, 3.8) is 0 Å². The van der Waals surface area contributed by atoms with Crippen LogP contribution in [-0.2, 0) is 6.61 Å². The van der Waals surface area contributed by atoms with Gasteiger partial charge in [0.05, 0.1) is 6.61 Å². The Morgan fingerprint density at radius 2 is 1.57 bits per heavy atom. The van der Waals surface area contributed by atoms with Crippen LogP contribution in [0.2, 0.25) is 0 Å². The van der Waals surface area contributed by atoms with Gasteiger partial charge in [0.2, 0.25) is 0 Å². The van der Waals surface area contributed by atoms with Crippen LogP contribution in [0.15, 0.2) is 0 Å². The van der Waals surface area contributed by atoms with Crippen molar-refractivity contribution in [2.45, 2.75) is 85.8 Å². The number of anilines is 1. The SMILES string of the molecule is CCC.CN.Cc1nc(C)c(CO)c(NC2CCCCC2)c1C. The van der Waals surface area contributed by atoms with E-state index in [1.807, 2.05) is 13.8 Å².